The standard InChI is InChI=1S/C23H18FNO3/c24-18-12-10-17(11-13-18)21(26)14-23(28)19-8-4-5-9-20(19)25(22(23)27)15-16-6-2-1-3-7-16/h1-13,28H,14-15H2/t23-/m0/s1. The van der Waals surface area contributed by atoms with Crippen molar-refractivity contribution < 1.29 is 19.1 Å². The Morgan fingerprint density at radius 1 is 0.929 bits per heavy atom. The third kappa shape index (κ3) is 3.10. The number of anilines is 1. The summed E-state index contributed by atoms with van der Waals surface area (Å²) in [5.41, 5.74) is 0.218. The molecule has 5 heteroatoms. The molecule has 1 N–H and O–H groups in total. The van der Waals surface area contributed by atoms with Gasteiger partial charge in [-0.1, -0.05) is 48.5 Å². The second kappa shape index (κ2) is 7.02. The molecule has 0 radical (unpaired) electrons. The molecule has 0 unspecified atom stereocenters. The minimum absolute atomic E-state index is 0.251. The molecule has 0 saturated heterocycles. The van der Waals surface area contributed by atoms with Crippen LogP contribution in [-0.4, -0.2) is 16.8 Å². The van der Waals surface area contributed by atoms with Crippen molar-refractivity contribution in [3.63, 3.8) is 0 Å². The lowest BCUT2D eigenvalue weighted by Gasteiger charge is -2.23. The lowest BCUT2D eigenvalue weighted by molar-refractivity contribution is -0.136. The number of hydrogen-bond donors (Lipinski definition) is 1. The first-order valence-electron chi connectivity index (χ1n) is 8.95. The number of hydrogen-bond acceptors (Lipinski definition) is 3. The van der Waals surface area contributed by atoms with E-state index in [1.165, 1.54) is 29.2 Å². The number of carbonyl (C=O) groups is 2. The first-order chi connectivity index (χ1) is 13.5. The molecule has 1 aliphatic rings. The van der Waals surface area contributed by atoms with E-state index in [0.29, 0.717) is 17.8 Å². The number of halogens is 1. The molecule has 0 spiro atoms. The van der Waals surface area contributed by atoms with Crippen molar-refractivity contribution in [1.82, 2.24) is 0 Å². The maximum atomic E-state index is 13.2. The SMILES string of the molecule is O=C(C[C@@]1(O)C(=O)N(Cc2ccccc2)c2ccccc21)c1ccc(F)cc1. The number of rotatable bonds is 5. The lowest BCUT2D eigenvalue weighted by Crippen LogP contribution is -2.41. The predicted octanol–water partition coefficient (Wildman–Crippen LogP) is 3.83. The van der Waals surface area contributed by atoms with Gasteiger partial charge in [-0.3, -0.25) is 9.59 Å². The number of nitrogens with zero attached hydrogens (tertiary/aromatic N) is 1. The van der Waals surface area contributed by atoms with E-state index in [-0.39, 0.29) is 5.56 Å². The van der Waals surface area contributed by atoms with Gasteiger partial charge in [0, 0.05) is 11.1 Å². The molecule has 4 nitrogen and oxygen atoms in total. The average Bonchev–Trinajstić information content (AvgIpc) is 2.91. The van der Waals surface area contributed by atoms with Crippen LogP contribution >= 0.6 is 0 Å². The van der Waals surface area contributed by atoms with Crippen LogP contribution in [0.25, 0.3) is 0 Å². The Morgan fingerprint density at radius 3 is 2.29 bits per heavy atom. The highest BCUT2D eigenvalue weighted by Crippen LogP contribution is 2.43. The molecule has 1 aliphatic heterocycles. The van der Waals surface area contributed by atoms with Crippen molar-refractivity contribution in [2.45, 2.75) is 18.6 Å². The third-order valence-electron chi connectivity index (χ3n) is 5.01. The molecule has 1 heterocycles. The summed E-state index contributed by atoms with van der Waals surface area (Å²) < 4.78 is 13.1. The Morgan fingerprint density at radius 2 is 1.57 bits per heavy atom. The summed E-state index contributed by atoms with van der Waals surface area (Å²) >= 11 is 0. The van der Waals surface area contributed by atoms with Gasteiger partial charge in [-0.25, -0.2) is 4.39 Å². The predicted molar refractivity (Wildman–Crippen MR) is 103 cm³/mol. The van der Waals surface area contributed by atoms with E-state index in [9.17, 15) is 19.1 Å². The second-order valence-electron chi connectivity index (χ2n) is 6.86. The van der Waals surface area contributed by atoms with Crippen molar-refractivity contribution in [1.29, 1.82) is 0 Å². The topological polar surface area (TPSA) is 57.6 Å². The minimum atomic E-state index is -1.95. The lowest BCUT2D eigenvalue weighted by atomic mass is 9.88. The van der Waals surface area contributed by atoms with Gasteiger partial charge in [-0.15, -0.1) is 0 Å². The number of amides is 1. The van der Waals surface area contributed by atoms with E-state index in [1.54, 1.807) is 24.3 Å². The van der Waals surface area contributed by atoms with E-state index in [0.717, 1.165) is 5.56 Å². The van der Waals surface area contributed by atoms with Crippen LogP contribution in [0.5, 0.6) is 0 Å². The van der Waals surface area contributed by atoms with Crippen LogP contribution in [-0.2, 0) is 16.9 Å². The molecular weight excluding hydrogens is 357 g/mol. The smallest absolute Gasteiger partial charge is 0.264 e. The average molecular weight is 375 g/mol. The minimum Gasteiger partial charge on any atom is -0.375 e. The fourth-order valence-electron chi connectivity index (χ4n) is 3.57. The van der Waals surface area contributed by atoms with Gasteiger partial charge in [0.15, 0.2) is 11.4 Å². The van der Waals surface area contributed by atoms with Crippen molar-refractivity contribution in [3.05, 3.63) is 101 Å². The first kappa shape index (κ1) is 18.1. The van der Waals surface area contributed by atoms with Crippen molar-refractivity contribution in [2.24, 2.45) is 0 Å². The zero-order valence-corrected chi connectivity index (χ0v) is 15.0. The van der Waals surface area contributed by atoms with E-state index < -0.39 is 29.5 Å². The Balaban J connectivity index is 1.67. The molecule has 0 aliphatic carbocycles. The molecule has 0 saturated carbocycles. The van der Waals surface area contributed by atoms with Crippen LogP contribution in [0.4, 0.5) is 10.1 Å². The fraction of sp³-hybridized carbons (Fsp3) is 0.130. The number of aliphatic hydroxyl groups is 1. The van der Waals surface area contributed by atoms with Crippen LogP contribution in [0.1, 0.15) is 27.9 Å². The van der Waals surface area contributed by atoms with Gasteiger partial charge in [0.25, 0.3) is 5.91 Å². The van der Waals surface area contributed by atoms with Crippen LogP contribution in [0.3, 0.4) is 0 Å². The maximum absolute atomic E-state index is 13.2. The summed E-state index contributed by atoms with van der Waals surface area (Å²) in [6.45, 7) is 0.295. The fourth-order valence-corrected chi connectivity index (χ4v) is 3.57. The number of ketones is 1. The summed E-state index contributed by atoms with van der Waals surface area (Å²) in [5.74, 6) is -1.41. The largest absolute Gasteiger partial charge is 0.375 e. The summed E-state index contributed by atoms with van der Waals surface area (Å²) in [6.07, 6.45) is -0.403. The molecular formula is C23H18FNO3. The van der Waals surface area contributed by atoms with Crippen LogP contribution in [0, 0.1) is 5.82 Å². The van der Waals surface area contributed by atoms with E-state index >= 15 is 0 Å². The van der Waals surface area contributed by atoms with Crippen molar-refractivity contribution in [3.8, 4) is 0 Å². The summed E-state index contributed by atoms with van der Waals surface area (Å²) in [7, 11) is 0. The molecule has 4 rings (SSSR count). The van der Waals surface area contributed by atoms with Gasteiger partial charge in [0.05, 0.1) is 18.7 Å². The molecule has 1 atom stereocenters. The molecule has 3 aromatic rings. The molecule has 0 bridgehead atoms. The maximum Gasteiger partial charge on any atom is 0.264 e. The van der Waals surface area contributed by atoms with Crippen LogP contribution in [0.2, 0.25) is 0 Å². The third-order valence-corrected chi connectivity index (χ3v) is 5.01. The summed E-state index contributed by atoms with van der Waals surface area (Å²) in [6, 6.07) is 21.5. The van der Waals surface area contributed by atoms with Crippen molar-refractivity contribution >= 4 is 17.4 Å². The number of Topliss-reactive ketones (excluding diaryl/α,β-unsaturated/α-hetero) is 1. The molecule has 28 heavy (non-hydrogen) atoms. The molecule has 140 valence electrons. The zero-order chi connectivity index (χ0) is 19.7. The highest BCUT2D eigenvalue weighted by Gasteiger charge is 2.50. The number of para-hydroxylation sites is 1. The second-order valence-corrected chi connectivity index (χ2v) is 6.86. The van der Waals surface area contributed by atoms with Crippen LogP contribution < -0.4 is 4.90 Å². The number of fused-ring (bicyclic) bond motifs is 1. The van der Waals surface area contributed by atoms with Gasteiger partial charge in [0.1, 0.15) is 5.82 Å². The highest BCUT2D eigenvalue weighted by molar-refractivity contribution is 6.10. The van der Waals surface area contributed by atoms with Gasteiger partial charge in [-0.05, 0) is 35.9 Å². The monoisotopic (exact) mass is 375 g/mol. The molecule has 0 fully saturated rings. The zero-order valence-electron chi connectivity index (χ0n) is 15.0. The molecule has 0 aromatic heterocycles. The quantitative estimate of drug-likeness (QED) is 0.690. The molecule has 1 amide bonds. The van der Waals surface area contributed by atoms with Gasteiger partial charge >= 0.3 is 0 Å². The Labute approximate surface area is 161 Å². The van der Waals surface area contributed by atoms with Gasteiger partial charge < -0.3 is 10.0 Å². The molecule has 3 aromatic carbocycles. The number of carbonyl (C=O) groups excluding carboxylic acids is 2. The van der Waals surface area contributed by atoms with Gasteiger partial charge in [0.2, 0.25) is 0 Å². The highest BCUT2D eigenvalue weighted by atomic mass is 19.1. The number of benzene rings is 3. The van der Waals surface area contributed by atoms with E-state index in [1.807, 2.05) is 30.3 Å². The normalized spacial score (nSPS) is 18.2. The summed E-state index contributed by atoms with van der Waals surface area (Å²) in [5, 5.41) is 11.3. The summed E-state index contributed by atoms with van der Waals surface area (Å²) in [4.78, 5) is 27.4. The van der Waals surface area contributed by atoms with Gasteiger partial charge in [-0.2, -0.15) is 0 Å². The van der Waals surface area contributed by atoms with Crippen molar-refractivity contribution in [2.75, 3.05) is 4.90 Å². The van der Waals surface area contributed by atoms with E-state index in [2.05, 4.69) is 0 Å². The Bertz CT molecular complexity index is 1030. The van der Waals surface area contributed by atoms with Crippen LogP contribution in [0.15, 0.2) is 78.9 Å². The first-order valence-corrected chi connectivity index (χ1v) is 8.95. The van der Waals surface area contributed by atoms with E-state index in [4.69, 9.17) is 0 Å². The Hall–Kier alpha value is -3.31. The Kier molecular flexibility index (Phi) is 4.53.